The van der Waals surface area contributed by atoms with Crippen molar-refractivity contribution in [2.45, 2.75) is 39.2 Å². The minimum absolute atomic E-state index is 0.330. The Bertz CT molecular complexity index is 530. The van der Waals surface area contributed by atoms with E-state index in [9.17, 15) is 14.7 Å². The van der Waals surface area contributed by atoms with Gasteiger partial charge in [-0.2, -0.15) is 0 Å². The van der Waals surface area contributed by atoms with Gasteiger partial charge in [0.1, 0.15) is 0 Å². The molecule has 1 fully saturated rings. The van der Waals surface area contributed by atoms with E-state index in [1.54, 1.807) is 6.92 Å². The van der Waals surface area contributed by atoms with Crippen molar-refractivity contribution in [3.8, 4) is 0 Å². The zero-order chi connectivity index (χ0) is 14.8. The minimum Gasteiger partial charge on any atom is -0.481 e. The highest BCUT2D eigenvalue weighted by atomic mass is 16.4. The summed E-state index contributed by atoms with van der Waals surface area (Å²) >= 11 is 0. The topological polar surface area (TPSA) is 78.4 Å². The number of carbonyl (C=O) groups excluding carboxylic acids is 1. The Balaban J connectivity index is 2.02. The quantitative estimate of drug-likeness (QED) is 0.794. The first kappa shape index (κ1) is 14.4. The van der Waals surface area contributed by atoms with Crippen LogP contribution in [-0.2, 0) is 4.79 Å². The molecular formula is C15H20N2O3. The highest BCUT2D eigenvalue weighted by Crippen LogP contribution is 2.38. The molecule has 2 amide bonds. The fraction of sp³-hybridized carbons (Fsp3) is 0.467. The van der Waals surface area contributed by atoms with Gasteiger partial charge in [-0.15, -0.1) is 0 Å². The Labute approximate surface area is 118 Å². The molecule has 1 aliphatic carbocycles. The van der Waals surface area contributed by atoms with Crippen LogP contribution in [0.2, 0.25) is 0 Å². The second-order valence-corrected chi connectivity index (χ2v) is 5.58. The summed E-state index contributed by atoms with van der Waals surface area (Å²) in [6.45, 7) is 3.60. The lowest BCUT2D eigenvalue weighted by molar-refractivity contribution is -0.148. The third-order valence-electron chi connectivity index (χ3n) is 4.15. The predicted molar refractivity (Wildman–Crippen MR) is 76.7 cm³/mol. The summed E-state index contributed by atoms with van der Waals surface area (Å²) in [5.74, 6) is -0.851. The summed E-state index contributed by atoms with van der Waals surface area (Å²) in [5, 5.41) is 14.9. The largest absolute Gasteiger partial charge is 0.481 e. The predicted octanol–water partition coefficient (Wildman–Crippen LogP) is 2.76. The zero-order valence-electron chi connectivity index (χ0n) is 11.8. The van der Waals surface area contributed by atoms with Crippen molar-refractivity contribution in [2.75, 3.05) is 5.32 Å². The van der Waals surface area contributed by atoms with Crippen molar-refractivity contribution in [1.82, 2.24) is 5.32 Å². The molecule has 1 aromatic carbocycles. The molecule has 1 saturated carbocycles. The van der Waals surface area contributed by atoms with Gasteiger partial charge in [-0.25, -0.2) is 4.79 Å². The molecule has 0 bridgehead atoms. The Morgan fingerprint density at radius 3 is 2.70 bits per heavy atom. The summed E-state index contributed by atoms with van der Waals surface area (Å²) in [6, 6.07) is 6.80. The first-order valence-corrected chi connectivity index (χ1v) is 6.80. The molecule has 5 heteroatoms. The van der Waals surface area contributed by atoms with Gasteiger partial charge in [0.15, 0.2) is 0 Å². The van der Waals surface area contributed by atoms with Crippen LogP contribution in [0, 0.1) is 12.3 Å². The monoisotopic (exact) mass is 276 g/mol. The van der Waals surface area contributed by atoms with E-state index in [1.165, 1.54) is 0 Å². The number of aliphatic carboxylic acids is 1. The van der Waals surface area contributed by atoms with E-state index in [1.807, 2.05) is 31.2 Å². The van der Waals surface area contributed by atoms with E-state index < -0.39 is 11.4 Å². The van der Waals surface area contributed by atoms with Crippen LogP contribution in [0.1, 0.15) is 31.7 Å². The summed E-state index contributed by atoms with van der Waals surface area (Å²) in [6.07, 6.45) is 2.11. The molecular weight excluding hydrogens is 256 g/mol. The van der Waals surface area contributed by atoms with E-state index >= 15 is 0 Å². The maximum absolute atomic E-state index is 12.0. The fourth-order valence-corrected chi connectivity index (χ4v) is 2.68. The summed E-state index contributed by atoms with van der Waals surface area (Å²) < 4.78 is 0. The number of anilines is 1. The molecule has 1 aliphatic rings. The molecule has 0 aromatic heterocycles. The molecule has 2 rings (SSSR count). The van der Waals surface area contributed by atoms with Gasteiger partial charge in [-0.3, -0.25) is 4.79 Å². The second-order valence-electron chi connectivity index (χ2n) is 5.58. The van der Waals surface area contributed by atoms with Crippen LogP contribution in [0.3, 0.4) is 0 Å². The molecule has 0 heterocycles. The van der Waals surface area contributed by atoms with E-state index in [4.69, 9.17) is 0 Å². The third kappa shape index (κ3) is 2.76. The number of hydrogen-bond acceptors (Lipinski definition) is 2. The van der Waals surface area contributed by atoms with Crippen LogP contribution in [0.4, 0.5) is 10.5 Å². The van der Waals surface area contributed by atoms with Crippen molar-refractivity contribution in [1.29, 1.82) is 0 Å². The molecule has 1 aromatic rings. The third-order valence-corrected chi connectivity index (χ3v) is 4.15. The van der Waals surface area contributed by atoms with Crippen molar-refractivity contribution in [3.05, 3.63) is 29.8 Å². The number of carboxylic acid groups (broad SMARTS) is 1. The highest BCUT2D eigenvalue weighted by molar-refractivity contribution is 5.91. The normalized spacial score (nSPS) is 25.2. The average molecular weight is 276 g/mol. The van der Waals surface area contributed by atoms with Crippen molar-refractivity contribution in [2.24, 2.45) is 5.41 Å². The summed E-state index contributed by atoms with van der Waals surface area (Å²) in [7, 11) is 0. The number of benzene rings is 1. The lowest BCUT2D eigenvalue weighted by Gasteiger charge is -2.27. The van der Waals surface area contributed by atoms with Crippen LogP contribution in [0.15, 0.2) is 24.3 Å². The SMILES string of the molecule is Cc1ccccc1NC(=O)NC1CCCC1(C)C(=O)O. The van der Waals surface area contributed by atoms with Gasteiger partial charge in [0.2, 0.25) is 0 Å². The molecule has 2 unspecified atom stereocenters. The average Bonchev–Trinajstić information content (AvgIpc) is 2.75. The van der Waals surface area contributed by atoms with E-state index in [2.05, 4.69) is 10.6 Å². The molecule has 2 atom stereocenters. The molecule has 108 valence electrons. The van der Waals surface area contributed by atoms with Gasteiger partial charge >= 0.3 is 12.0 Å². The van der Waals surface area contributed by atoms with Crippen molar-refractivity contribution >= 4 is 17.7 Å². The van der Waals surface area contributed by atoms with Crippen LogP contribution in [0.25, 0.3) is 0 Å². The van der Waals surface area contributed by atoms with Gasteiger partial charge in [-0.1, -0.05) is 24.6 Å². The molecule has 5 nitrogen and oxygen atoms in total. The number of hydrogen-bond donors (Lipinski definition) is 3. The standard InChI is InChI=1S/C15H20N2O3/c1-10-6-3-4-7-11(10)16-14(20)17-12-8-5-9-15(12,2)13(18)19/h3-4,6-7,12H,5,8-9H2,1-2H3,(H,18,19)(H2,16,17,20). The number of carbonyl (C=O) groups is 2. The molecule has 0 saturated heterocycles. The molecule has 20 heavy (non-hydrogen) atoms. The number of amides is 2. The van der Waals surface area contributed by atoms with Crippen LogP contribution < -0.4 is 10.6 Å². The Kier molecular flexibility index (Phi) is 3.97. The van der Waals surface area contributed by atoms with Gasteiger partial charge in [0, 0.05) is 11.7 Å². The van der Waals surface area contributed by atoms with Gasteiger partial charge in [-0.05, 0) is 38.3 Å². The second kappa shape index (κ2) is 5.53. The van der Waals surface area contributed by atoms with Gasteiger partial charge < -0.3 is 15.7 Å². The summed E-state index contributed by atoms with van der Waals surface area (Å²) in [4.78, 5) is 23.4. The van der Waals surface area contributed by atoms with Crippen LogP contribution in [-0.4, -0.2) is 23.1 Å². The van der Waals surface area contributed by atoms with Crippen molar-refractivity contribution < 1.29 is 14.7 Å². The fourth-order valence-electron chi connectivity index (χ4n) is 2.68. The van der Waals surface area contributed by atoms with E-state index in [0.717, 1.165) is 17.7 Å². The van der Waals surface area contributed by atoms with E-state index in [0.29, 0.717) is 12.8 Å². The van der Waals surface area contributed by atoms with Gasteiger partial charge in [0.05, 0.1) is 5.41 Å². The maximum Gasteiger partial charge on any atom is 0.319 e. The first-order valence-electron chi connectivity index (χ1n) is 6.80. The lowest BCUT2D eigenvalue weighted by atomic mass is 9.85. The Morgan fingerprint density at radius 2 is 2.05 bits per heavy atom. The number of nitrogens with one attached hydrogen (secondary N) is 2. The number of urea groups is 1. The van der Waals surface area contributed by atoms with Crippen LogP contribution in [0.5, 0.6) is 0 Å². The molecule has 0 spiro atoms. The number of aryl methyl sites for hydroxylation is 1. The maximum atomic E-state index is 12.0. The van der Waals surface area contributed by atoms with Crippen molar-refractivity contribution in [3.63, 3.8) is 0 Å². The smallest absolute Gasteiger partial charge is 0.319 e. The van der Waals surface area contributed by atoms with Gasteiger partial charge in [0.25, 0.3) is 0 Å². The Hall–Kier alpha value is -2.04. The molecule has 0 radical (unpaired) electrons. The first-order chi connectivity index (χ1) is 9.43. The number of carboxylic acids is 1. The highest BCUT2D eigenvalue weighted by Gasteiger charge is 2.45. The minimum atomic E-state index is -0.872. The Morgan fingerprint density at radius 1 is 1.35 bits per heavy atom. The summed E-state index contributed by atoms with van der Waals surface area (Å²) in [5.41, 5.74) is 0.832. The number of rotatable bonds is 3. The van der Waals surface area contributed by atoms with E-state index in [-0.39, 0.29) is 12.1 Å². The molecule has 0 aliphatic heterocycles. The molecule has 3 N–H and O–H groups in total. The number of para-hydroxylation sites is 1. The zero-order valence-corrected chi connectivity index (χ0v) is 11.8. The lowest BCUT2D eigenvalue weighted by Crippen LogP contribution is -2.48. The van der Waals surface area contributed by atoms with Crippen LogP contribution >= 0.6 is 0 Å².